The van der Waals surface area contributed by atoms with Crippen molar-refractivity contribution in [1.82, 2.24) is 9.88 Å². The van der Waals surface area contributed by atoms with Crippen LogP contribution in [0.25, 0.3) is 10.8 Å². The fraction of sp³-hybridized carbons (Fsp3) is 0.438. The minimum atomic E-state index is 0. The van der Waals surface area contributed by atoms with Gasteiger partial charge in [-0.25, -0.2) is 0 Å². The lowest BCUT2D eigenvalue weighted by atomic mass is 10.1. The molecule has 0 aliphatic rings. The van der Waals surface area contributed by atoms with Crippen molar-refractivity contribution in [3.05, 3.63) is 36.7 Å². The van der Waals surface area contributed by atoms with Gasteiger partial charge in [0.05, 0.1) is 0 Å². The Morgan fingerprint density at radius 3 is 2.57 bits per heavy atom. The second-order valence-electron chi connectivity index (χ2n) is 4.71. The molecule has 0 unspecified atom stereocenters. The number of halogens is 2. The van der Waals surface area contributed by atoms with E-state index in [1.165, 1.54) is 22.9 Å². The van der Waals surface area contributed by atoms with E-state index >= 15 is 0 Å². The van der Waals surface area contributed by atoms with Gasteiger partial charge in [-0.1, -0.05) is 26.0 Å². The molecule has 3 nitrogen and oxygen atoms in total. The molecule has 2 aromatic rings. The Labute approximate surface area is 140 Å². The number of nitrogens with zero attached hydrogens (tertiary/aromatic N) is 2. The summed E-state index contributed by atoms with van der Waals surface area (Å²) < 4.78 is 0. The summed E-state index contributed by atoms with van der Waals surface area (Å²) in [6.45, 7) is 8.86. The highest BCUT2D eigenvalue weighted by Crippen LogP contribution is 2.21. The molecule has 1 N–H and O–H groups in total. The fourth-order valence-corrected chi connectivity index (χ4v) is 2.33. The standard InChI is InChI=1S/C16H23N3.2ClH/c1-3-19(4-2)12-6-10-18-16-8-5-7-14-9-11-17-13-15(14)16;;/h5,7-9,11,13,18H,3-4,6,10,12H2,1-2H3;2*1H. The Balaban J connectivity index is 0.00000200. The summed E-state index contributed by atoms with van der Waals surface area (Å²) in [6, 6.07) is 8.39. The van der Waals surface area contributed by atoms with Crippen LogP contribution in [0.15, 0.2) is 36.7 Å². The van der Waals surface area contributed by atoms with Crippen molar-refractivity contribution in [2.75, 3.05) is 31.5 Å². The average molecular weight is 330 g/mol. The van der Waals surface area contributed by atoms with Crippen LogP contribution in [0, 0.1) is 0 Å². The second kappa shape index (κ2) is 10.7. The van der Waals surface area contributed by atoms with Crippen LogP contribution in [0.5, 0.6) is 0 Å². The molecule has 5 heteroatoms. The summed E-state index contributed by atoms with van der Waals surface area (Å²) in [7, 11) is 0. The molecule has 0 saturated carbocycles. The summed E-state index contributed by atoms with van der Waals surface area (Å²) in [5.74, 6) is 0. The first-order chi connectivity index (χ1) is 9.35. The highest BCUT2D eigenvalue weighted by molar-refractivity contribution is 5.93. The van der Waals surface area contributed by atoms with Crippen molar-refractivity contribution in [3.8, 4) is 0 Å². The second-order valence-corrected chi connectivity index (χ2v) is 4.71. The molecular weight excluding hydrogens is 305 g/mol. The van der Waals surface area contributed by atoms with E-state index in [1.54, 1.807) is 0 Å². The van der Waals surface area contributed by atoms with Gasteiger partial charge in [0.1, 0.15) is 0 Å². The third-order valence-electron chi connectivity index (χ3n) is 3.54. The number of pyridine rings is 1. The number of nitrogens with one attached hydrogen (secondary N) is 1. The van der Waals surface area contributed by atoms with E-state index in [2.05, 4.69) is 53.3 Å². The van der Waals surface area contributed by atoms with Gasteiger partial charge < -0.3 is 10.2 Å². The lowest BCUT2D eigenvalue weighted by Crippen LogP contribution is -2.25. The zero-order chi connectivity index (χ0) is 13.5. The molecular formula is C16H25Cl2N3. The molecule has 2 rings (SSSR count). The van der Waals surface area contributed by atoms with E-state index in [0.29, 0.717) is 0 Å². The molecule has 0 amide bonds. The van der Waals surface area contributed by atoms with Crippen molar-refractivity contribution < 1.29 is 0 Å². The minimum absolute atomic E-state index is 0. The Morgan fingerprint density at radius 2 is 1.86 bits per heavy atom. The van der Waals surface area contributed by atoms with Crippen molar-refractivity contribution in [2.45, 2.75) is 20.3 Å². The Kier molecular flexibility index (Phi) is 10.1. The van der Waals surface area contributed by atoms with Gasteiger partial charge in [-0.2, -0.15) is 0 Å². The van der Waals surface area contributed by atoms with Crippen molar-refractivity contribution >= 4 is 41.3 Å². The maximum atomic E-state index is 4.21. The molecule has 0 radical (unpaired) electrons. The molecule has 0 spiro atoms. The monoisotopic (exact) mass is 329 g/mol. The number of aromatic nitrogens is 1. The third kappa shape index (κ3) is 5.70. The van der Waals surface area contributed by atoms with Gasteiger partial charge in [0.15, 0.2) is 0 Å². The van der Waals surface area contributed by atoms with Crippen molar-refractivity contribution in [2.24, 2.45) is 0 Å². The molecule has 0 aliphatic carbocycles. The van der Waals surface area contributed by atoms with Crippen LogP contribution >= 0.6 is 24.8 Å². The van der Waals surface area contributed by atoms with Crippen LogP contribution in [0.2, 0.25) is 0 Å². The van der Waals surface area contributed by atoms with Gasteiger partial charge in [0.2, 0.25) is 0 Å². The summed E-state index contributed by atoms with van der Waals surface area (Å²) >= 11 is 0. The number of hydrogen-bond donors (Lipinski definition) is 1. The number of rotatable bonds is 7. The smallest absolute Gasteiger partial charge is 0.0435 e. The lowest BCUT2D eigenvalue weighted by molar-refractivity contribution is 0.303. The molecule has 118 valence electrons. The van der Waals surface area contributed by atoms with E-state index < -0.39 is 0 Å². The predicted octanol–water partition coefficient (Wildman–Crippen LogP) is 4.22. The first-order valence-corrected chi connectivity index (χ1v) is 7.14. The minimum Gasteiger partial charge on any atom is -0.384 e. The SMILES string of the molecule is CCN(CC)CCCNc1cccc2ccncc12.Cl.Cl. The van der Waals surface area contributed by atoms with Gasteiger partial charge in [-0.3, -0.25) is 4.98 Å². The third-order valence-corrected chi connectivity index (χ3v) is 3.54. The van der Waals surface area contributed by atoms with E-state index in [9.17, 15) is 0 Å². The number of benzene rings is 1. The van der Waals surface area contributed by atoms with Gasteiger partial charge in [-0.05, 0) is 43.6 Å². The summed E-state index contributed by atoms with van der Waals surface area (Å²) in [4.78, 5) is 6.66. The quantitative estimate of drug-likeness (QED) is 0.771. The fourth-order valence-electron chi connectivity index (χ4n) is 2.33. The number of anilines is 1. The van der Waals surface area contributed by atoms with E-state index in [4.69, 9.17) is 0 Å². The molecule has 1 aromatic heterocycles. The zero-order valence-corrected chi connectivity index (χ0v) is 14.3. The maximum absolute atomic E-state index is 4.21. The Morgan fingerprint density at radius 1 is 1.10 bits per heavy atom. The molecule has 1 heterocycles. The topological polar surface area (TPSA) is 28.2 Å². The van der Waals surface area contributed by atoms with Crippen LogP contribution in [0.3, 0.4) is 0 Å². The summed E-state index contributed by atoms with van der Waals surface area (Å²) in [6.07, 6.45) is 4.94. The predicted molar refractivity (Wildman–Crippen MR) is 97.1 cm³/mol. The van der Waals surface area contributed by atoms with Crippen LogP contribution in [0.4, 0.5) is 5.69 Å². The van der Waals surface area contributed by atoms with E-state index in [-0.39, 0.29) is 24.8 Å². The normalized spacial score (nSPS) is 10.0. The molecule has 0 aliphatic heterocycles. The molecule has 0 saturated heterocycles. The molecule has 21 heavy (non-hydrogen) atoms. The van der Waals surface area contributed by atoms with Gasteiger partial charge in [-0.15, -0.1) is 24.8 Å². The van der Waals surface area contributed by atoms with Crippen molar-refractivity contribution in [1.29, 1.82) is 0 Å². The molecule has 0 fully saturated rings. The summed E-state index contributed by atoms with van der Waals surface area (Å²) in [5, 5.41) is 5.97. The van der Waals surface area contributed by atoms with Crippen LogP contribution in [-0.2, 0) is 0 Å². The number of hydrogen-bond acceptors (Lipinski definition) is 3. The summed E-state index contributed by atoms with van der Waals surface area (Å²) in [5.41, 5.74) is 1.19. The molecule has 0 bridgehead atoms. The maximum Gasteiger partial charge on any atom is 0.0435 e. The Bertz CT molecular complexity index is 510. The first-order valence-electron chi connectivity index (χ1n) is 7.14. The molecule has 0 atom stereocenters. The lowest BCUT2D eigenvalue weighted by Gasteiger charge is -2.18. The largest absolute Gasteiger partial charge is 0.384 e. The highest BCUT2D eigenvalue weighted by Gasteiger charge is 2.01. The number of fused-ring (bicyclic) bond motifs is 1. The first kappa shape index (κ1) is 20.0. The van der Waals surface area contributed by atoms with Gasteiger partial charge in [0.25, 0.3) is 0 Å². The Hall–Kier alpha value is -1.03. The van der Waals surface area contributed by atoms with Crippen molar-refractivity contribution in [3.63, 3.8) is 0 Å². The molecule has 1 aromatic carbocycles. The van der Waals surface area contributed by atoms with Gasteiger partial charge >= 0.3 is 0 Å². The van der Waals surface area contributed by atoms with Crippen LogP contribution < -0.4 is 5.32 Å². The van der Waals surface area contributed by atoms with E-state index in [1.807, 2.05) is 12.4 Å². The van der Waals surface area contributed by atoms with Crippen LogP contribution in [-0.4, -0.2) is 36.1 Å². The average Bonchev–Trinajstić information content (AvgIpc) is 2.47. The van der Waals surface area contributed by atoms with Crippen LogP contribution in [0.1, 0.15) is 20.3 Å². The highest BCUT2D eigenvalue weighted by atomic mass is 35.5. The van der Waals surface area contributed by atoms with E-state index in [0.717, 1.165) is 26.2 Å². The van der Waals surface area contributed by atoms with Gasteiger partial charge in [0, 0.05) is 30.0 Å². The zero-order valence-electron chi connectivity index (χ0n) is 12.7.